The van der Waals surface area contributed by atoms with Gasteiger partial charge in [0.2, 0.25) is 11.8 Å². The van der Waals surface area contributed by atoms with Crippen LogP contribution in [-0.2, 0) is 19.6 Å². The number of carbonyl (C=O) groups is 3. The van der Waals surface area contributed by atoms with Crippen molar-refractivity contribution in [1.82, 2.24) is 9.21 Å². The van der Waals surface area contributed by atoms with Crippen molar-refractivity contribution >= 4 is 33.3 Å². The number of amides is 2. The SMILES string of the molecule is CC(=O)c1ccc(N2CCN(C(=O)[C@@H]3CCC(=O)N3S(=O)(=O)c3ccc(F)cc3)CC2)cc1. The zero-order valence-electron chi connectivity index (χ0n) is 18.1. The van der Waals surface area contributed by atoms with Crippen LogP contribution in [0.4, 0.5) is 10.1 Å². The quantitative estimate of drug-likeness (QED) is 0.617. The Labute approximate surface area is 191 Å². The van der Waals surface area contributed by atoms with E-state index >= 15 is 0 Å². The Kier molecular flexibility index (Phi) is 6.20. The Hall–Kier alpha value is -3.27. The molecule has 8 nitrogen and oxygen atoms in total. The van der Waals surface area contributed by atoms with Crippen molar-refractivity contribution < 1.29 is 27.2 Å². The predicted octanol–water partition coefficient (Wildman–Crippen LogP) is 2.06. The summed E-state index contributed by atoms with van der Waals surface area (Å²) in [5.41, 5.74) is 1.56. The number of Topliss-reactive ketones (excluding diaryl/α,β-unsaturated/α-hetero) is 1. The van der Waals surface area contributed by atoms with Crippen LogP contribution in [0.1, 0.15) is 30.1 Å². The predicted molar refractivity (Wildman–Crippen MR) is 119 cm³/mol. The van der Waals surface area contributed by atoms with Gasteiger partial charge in [-0.1, -0.05) is 0 Å². The minimum absolute atomic E-state index is 0.0109. The maximum absolute atomic E-state index is 13.2. The van der Waals surface area contributed by atoms with Crippen LogP contribution in [0, 0.1) is 5.82 Å². The second kappa shape index (κ2) is 8.93. The highest BCUT2D eigenvalue weighted by molar-refractivity contribution is 7.89. The normalized spacial score (nSPS) is 19.2. The Balaban J connectivity index is 1.46. The second-order valence-electron chi connectivity index (χ2n) is 8.12. The number of halogens is 1. The maximum atomic E-state index is 13.2. The van der Waals surface area contributed by atoms with E-state index < -0.39 is 33.7 Å². The number of sulfonamides is 1. The van der Waals surface area contributed by atoms with Gasteiger partial charge in [0.05, 0.1) is 4.90 Å². The monoisotopic (exact) mass is 473 g/mol. The molecule has 2 heterocycles. The standard InChI is InChI=1S/C23H24FN3O5S/c1-16(28)17-2-6-19(7-3-17)25-12-14-26(15-13-25)23(30)21-10-11-22(29)27(21)33(31,32)20-8-4-18(24)5-9-20/h2-9,21H,10-15H2,1H3/t21-/m0/s1. The van der Waals surface area contributed by atoms with Crippen molar-refractivity contribution in [3.63, 3.8) is 0 Å². The number of piperazine rings is 1. The summed E-state index contributed by atoms with van der Waals surface area (Å²) in [7, 11) is -4.27. The van der Waals surface area contributed by atoms with Crippen LogP contribution in [0.25, 0.3) is 0 Å². The molecule has 2 amide bonds. The minimum Gasteiger partial charge on any atom is -0.368 e. The van der Waals surface area contributed by atoms with Gasteiger partial charge in [-0.05, 0) is 61.9 Å². The van der Waals surface area contributed by atoms with Gasteiger partial charge in [0.15, 0.2) is 5.78 Å². The van der Waals surface area contributed by atoms with E-state index in [9.17, 15) is 27.2 Å². The van der Waals surface area contributed by atoms with Crippen LogP contribution in [-0.4, -0.2) is 67.4 Å². The van der Waals surface area contributed by atoms with Gasteiger partial charge in [0.1, 0.15) is 11.9 Å². The number of nitrogens with zero attached hydrogens (tertiary/aromatic N) is 3. The van der Waals surface area contributed by atoms with Crippen molar-refractivity contribution in [1.29, 1.82) is 0 Å². The molecule has 2 fully saturated rings. The lowest BCUT2D eigenvalue weighted by atomic mass is 10.1. The minimum atomic E-state index is -4.27. The first-order valence-corrected chi connectivity index (χ1v) is 12.1. The Morgan fingerprint density at radius 1 is 0.939 bits per heavy atom. The fourth-order valence-electron chi connectivity index (χ4n) is 4.21. The van der Waals surface area contributed by atoms with Gasteiger partial charge in [-0.2, -0.15) is 0 Å². The zero-order valence-corrected chi connectivity index (χ0v) is 18.9. The van der Waals surface area contributed by atoms with Gasteiger partial charge in [-0.25, -0.2) is 17.1 Å². The van der Waals surface area contributed by atoms with Crippen molar-refractivity contribution in [3.05, 3.63) is 59.9 Å². The maximum Gasteiger partial charge on any atom is 0.267 e. The van der Waals surface area contributed by atoms with Crippen LogP contribution in [0.15, 0.2) is 53.4 Å². The molecule has 0 radical (unpaired) electrons. The third-order valence-electron chi connectivity index (χ3n) is 6.05. The van der Waals surface area contributed by atoms with Gasteiger partial charge in [0.25, 0.3) is 10.0 Å². The fourth-order valence-corrected chi connectivity index (χ4v) is 5.81. The summed E-state index contributed by atoms with van der Waals surface area (Å²) in [6, 6.07) is 10.3. The topological polar surface area (TPSA) is 95.1 Å². The summed E-state index contributed by atoms with van der Waals surface area (Å²) in [4.78, 5) is 40.5. The van der Waals surface area contributed by atoms with Crippen LogP contribution >= 0.6 is 0 Å². The first-order chi connectivity index (χ1) is 15.7. The van der Waals surface area contributed by atoms with Crippen LogP contribution in [0.3, 0.4) is 0 Å². The summed E-state index contributed by atoms with van der Waals surface area (Å²) in [5.74, 6) is -1.65. The Morgan fingerprint density at radius 2 is 1.55 bits per heavy atom. The Morgan fingerprint density at radius 3 is 2.12 bits per heavy atom. The summed E-state index contributed by atoms with van der Waals surface area (Å²) < 4.78 is 40.0. The van der Waals surface area contributed by atoms with Gasteiger partial charge >= 0.3 is 0 Å². The first kappa shape index (κ1) is 22.9. The van der Waals surface area contributed by atoms with E-state index in [-0.39, 0.29) is 23.5 Å². The van der Waals surface area contributed by atoms with Crippen LogP contribution in [0.2, 0.25) is 0 Å². The molecule has 0 saturated carbocycles. The first-order valence-electron chi connectivity index (χ1n) is 10.7. The lowest BCUT2D eigenvalue weighted by Gasteiger charge is -2.38. The molecule has 10 heteroatoms. The van der Waals surface area contributed by atoms with Gasteiger partial charge < -0.3 is 9.80 Å². The van der Waals surface area contributed by atoms with E-state index in [0.717, 1.165) is 30.0 Å². The number of hydrogen-bond donors (Lipinski definition) is 0. The van der Waals surface area contributed by atoms with Gasteiger partial charge in [-0.15, -0.1) is 0 Å². The molecule has 33 heavy (non-hydrogen) atoms. The van der Waals surface area contributed by atoms with E-state index in [0.29, 0.717) is 36.0 Å². The van der Waals surface area contributed by atoms with Crippen molar-refractivity contribution in [2.75, 3.05) is 31.1 Å². The molecule has 0 N–H and O–H groups in total. The number of rotatable bonds is 5. The zero-order chi connectivity index (χ0) is 23.8. The van der Waals surface area contributed by atoms with Gasteiger partial charge in [0, 0.05) is 43.9 Å². The molecule has 0 unspecified atom stereocenters. The molecule has 174 valence electrons. The number of benzene rings is 2. The highest BCUT2D eigenvalue weighted by Gasteiger charge is 2.45. The highest BCUT2D eigenvalue weighted by atomic mass is 32.2. The van der Waals surface area contributed by atoms with Crippen LogP contribution < -0.4 is 4.90 Å². The highest BCUT2D eigenvalue weighted by Crippen LogP contribution is 2.29. The molecule has 4 rings (SSSR count). The molecule has 0 spiro atoms. The summed E-state index contributed by atoms with van der Waals surface area (Å²) >= 11 is 0. The molecule has 1 atom stereocenters. The molecule has 2 aliphatic rings. The second-order valence-corrected chi connectivity index (χ2v) is 9.93. The number of anilines is 1. The average Bonchev–Trinajstić information content (AvgIpc) is 3.21. The third kappa shape index (κ3) is 4.47. The molecule has 2 saturated heterocycles. The molecular formula is C23H24FN3O5S. The lowest BCUT2D eigenvalue weighted by molar-refractivity contribution is -0.138. The Bertz CT molecular complexity index is 1170. The summed E-state index contributed by atoms with van der Waals surface area (Å²) in [5, 5.41) is 0. The molecule has 2 aromatic carbocycles. The molecule has 2 aromatic rings. The molecule has 0 bridgehead atoms. The largest absolute Gasteiger partial charge is 0.368 e. The van der Waals surface area contributed by atoms with Crippen molar-refractivity contribution in [2.45, 2.75) is 30.7 Å². The fraction of sp³-hybridized carbons (Fsp3) is 0.348. The van der Waals surface area contributed by atoms with E-state index in [2.05, 4.69) is 4.90 Å². The van der Waals surface area contributed by atoms with E-state index in [1.54, 1.807) is 17.0 Å². The number of hydrogen-bond acceptors (Lipinski definition) is 6. The third-order valence-corrected chi connectivity index (χ3v) is 7.89. The summed E-state index contributed by atoms with van der Waals surface area (Å²) in [6.45, 7) is 3.34. The van der Waals surface area contributed by atoms with Gasteiger partial charge in [-0.3, -0.25) is 14.4 Å². The molecule has 0 aliphatic carbocycles. The van der Waals surface area contributed by atoms with E-state index in [4.69, 9.17) is 0 Å². The van der Waals surface area contributed by atoms with E-state index in [1.165, 1.54) is 6.92 Å². The van der Waals surface area contributed by atoms with Crippen molar-refractivity contribution in [3.8, 4) is 0 Å². The lowest BCUT2D eigenvalue weighted by Crippen LogP contribution is -2.55. The number of carbonyl (C=O) groups excluding carboxylic acids is 3. The number of ketones is 1. The smallest absolute Gasteiger partial charge is 0.267 e. The molecular weight excluding hydrogens is 449 g/mol. The summed E-state index contributed by atoms with van der Waals surface area (Å²) in [6.07, 6.45) is 0.0735. The molecule has 0 aromatic heterocycles. The van der Waals surface area contributed by atoms with Crippen LogP contribution in [0.5, 0.6) is 0 Å². The van der Waals surface area contributed by atoms with Crippen molar-refractivity contribution in [2.24, 2.45) is 0 Å². The van der Waals surface area contributed by atoms with E-state index in [1.807, 2.05) is 12.1 Å². The molecule has 2 aliphatic heterocycles. The average molecular weight is 474 g/mol.